The van der Waals surface area contributed by atoms with Crippen LogP contribution < -0.4 is 10.1 Å². The first-order valence-corrected chi connectivity index (χ1v) is 7.97. The van der Waals surface area contributed by atoms with E-state index in [0.29, 0.717) is 13.1 Å². The maximum atomic E-state index is 9.67. The van der Waals surface area contributed by atoms with Gasteiger partial charge in [-0.1, -0.05) is 15.9 Å². The van der Waals surface area contributed by atoms with E-state index in [1.165, 1.54) is 0 Å². The highest BCUT2D eigenvalue weighted by Gasteiger charge is 2.22. The van der Waals surface area contributed by atoms with Crippen LogP contribution in [-0.2, 0) is 6.54 Å². The molecule has 124 valence electrons. The minimum absolute atomic E-state index is 0. The van der Waals surface area contributed by atoms with Gasteiger partial charge in [0.1, 0.15) is 5.75 Å². The number of nitrogens with one attached hydrogen (secondary N) is 1. The lowest BCUT2D eigenvalue weighted by Gasteiger charge is -2.21. The number of hydrogen-bond donors (Lipinski definition) is 2. The Kier molecular flexibility index (Phi) is 8.48. The zero-order valence-corrected chi connectivity index (χ0v) is 16.8. The van der Waals surface area contributed by atoms with Gasteiger partial charge in [-0.05, 0) is 31.5 Å². The SMILES string of the molecule is CCNC(=NCc1cc(Br)ccc1OC)N1CC[C@@H](O)C1.I. The summed E-state index contributed by atoms with van der Waals surface area (Å²) < 4.78 is 6.38. The predicted molar refractivity (Wildman–Crippen MR) is 103 cm³/mol. The van der Waals surface area contributed by atoms with E-state index in [-0.39, 0.29) is 30.1 Å². The second-order valence-electron chi connectivity index (χ2n) is 5.01. The third kappa shape index (κ3) is 5.27. The highest BCUT2D eigenvalue weighted by Crippen LogP contribution is 2.23. The van der Waals surface area contributed by atoms with E-state index in [1.807, 2.05) is 25.1 Å². The summed E-state index contributed by atoms with van der Waals surface area (Å²) in [6.07, 6.45) is 0.541. The molecule has 0 unspecified atom stereocenters. The van der Waals surface area contributed by atoms with Crippen LogP contribution in [0.5, 0.6) is 5.75 Å². The van der Waals surface area contributed by atoms with Gasteiger partial charge in [0.15, 0.2) is 5.96 Å². The summed E-state index contributed by atoms with van der Waals surface area (Å²) in [4.78, 5) is 6.77. The molecule has 1 atom stereocenters. The van der Waals surface area contributed by atoms with Crippen molar-refractivity contribution >= 4 is 45.9 Å². The van der Waals surface area contributed by atoms with Crippen LogP contribution in [-0.4, -0.2) is 48.8 Å². The molecule has 2 N–H and O–H groups in total. The lowest BCUT2D eigenvalue weighted by molar-refractivity contribution is 0.188. The number of aliphatic hydroxyl groups is 1. The molecule has 5 nitrogen and oxygen atoms in total. The monoisotopic (exact) mass is 483 g/mol. The lowest BCUT2D eigenvalue weighted by atomic mass is 10.2. The fourth-order valence-corrected chi connectivity index (χ4v) is 2.80. The zero-order chi connectivity index (χ0) is 15.2. The van der Waals surface area contributed by atoms with Crippen molar-refractivity contribution in [3.05, 3.63) is 28.2 Å². The first-order chi connectivity index (χ1) is 10.1. The molecule has 1 aromatic carbocycles. The van der Waals surface area contributed by atoms with Gasteiger partial charge in [0.2, 0.25) is 0 Å². The van der Waals surface area contributed by atoms with E-state index in [0.717, 1.165) is 41.3 Å². The largest absolute Gasteiger partial charge is 0.496 e. The smallest absolute Gasteiger partial charge is 0.194 e. The summed E-state index contributed by atoms with van der Waals surface area (Å²) >= 11 is 3.47. The van der Waals surface area contributed by atoms with Crippen molar-refractivity contribution in [3.8, 4) is 5.75 Å². The Morgan fingerprint density at radius 1 is 1.55 bits per heavy atom. The molecule has 1 aliphatic heterocycles. The molecule has 2 rings (SSSR count). The van der Waals surface area contributed by atoms with Crippen LogP contribution in [0.15, 0.2) is 27.7 Å². The fraction of sp³-hybridized carbons (Fsp3) is 0.533. The molecular weight excluding hydrogens is 461 g/mol. The Labute approximate surface area is 157 Å². The molecule has 1 saturated heterocycles. The summed E-state index contributed by atoms with van der Waals surface area (Å²) in [5.74, 6) is 1.68. The molecule has 1 aliphatic rings. The number of hydrogen-bond acceptors (Lipinski definition) is 3. The minimum Gasteiger partial charge on any atom is -0.496 e. The molecule has 0 aromatic heterocycles. The third-order valence-electron chi connectivity index (χ3n) is 3.44. The highest BCUT2D eigenvalue weighted by atomic mass is 127. The summed E-state index contributed by atoms with van der Waals surface area (Å²) in [6, 6.07) is 5.90. The van der Waals surface area contributed by atoms with Gasteiger partial charge >= 0.3 is 0 Å². The Balaban J connectivity index is 0.00000242. The topological polar surface area (TPSA) is 57.1 Å². The Bertz CT molecular complexity index is 514. The average Bonchev–Trinajstić information content (AvgIpc) is 2.90. The maximum absolute atomic E-state index is 9.67. The van der Waals surface area contributed by atoms with E-state index in [2.05, 4.69) is 31.1 Å². The molecular formula is C15H23BrIN3O2. The van der Waals surface area contributed by atoms with Gasteiger partial charge in [0, 0.05) is 29.7 Å². The van der Waals surface area contributed by atoms with E-state index in [9.17, 15) is 5.11 Å². The van der Waals surface area contributed by atoms with Crippen LogP contribution in [0.3, 0.4) is 0 Å². The molecule has 0 aliphatic carbocycles. The van der Waals surface area contributed by atoms with Gasteiger partial charge in [0.25, 0.3) is 0 Å². The van der Waals surface area contributed by atoms with Crippen molar-refractivity contribution < 1.29 is 9.84 Å². The van der Waals surface area contributed by atoms with Gasteiger partial charge in [-0.2, -0.15) is 0 Å². The number of aliphatic imine (C=N–C) groups is 1. The predicted octanol–water partition coefficient (Wildman–Crippen LogP) is 2.61. The quantitative estimate of drug-likeness (QED) is 0.392. The van der Waals surface area contributed by atoms with Crippen molar-refractivity contribution in [1.82, 2.24) is 10.2 Å². The van der Waals surface area contributed by atoms with E-state index in [1.54, 1.807) is 7.11 Å². The van der Waals surface area contributed by atoms with Crippen LogP contribution in [0.4, 0.5) is 0 Å². The Morgan fingerprint density at radius 2 is 2.32 bits per heavy atom. The Hall–Kier alpha value is -0.540. The van der Waals surface area contributed by atoms with Gasteiger partial charge in [0.05, 0.1) is 19.8 Å². The van der Waals surface area contributed by atoms with E-state index in [4.69, 9.17) is 4.74 Å². The fourth-order valence-electron chi connectivity index (χ4n) is 2.39. The van der Waals surface area contributed by atoms with Gasteiger partial charge in [-0.25, -0.2) is 4.99 Å². The standard InChI is InChI=1S/C15H22BrN3O2.HI/c1-3-17-15(19-7-6-13(20)10-19)18-9-11-8-12(16)4-5-14(11)21-2;/h4-5,8,13,20H,3,6-7,9-10H2,1-2H3,(H,17,18);1H/t13-;/m1./s1. The van der Waals surface area contributed by atoms with Gasteiger partial charge < -0.3 is 20.1 Å². The van der Waals surface area contributed by atoms with Crippen molar-refractivity contribution in [3.63, 3.8) is 0 Å². The average molecular weight is 484 g/mol. The number of nitrogens with zero attached hydrogens (tertiary/aromatic N) is 2. The van der Waals surface area contributed by atoms with E-state index >= 15 is 0 Å². The van der Waals surface area contributed by atoms with Crippen molar-refractivity contribution in [1.29, 1.82) is 0 Å². The molecule has 0 spiro atoms. The Morgan fingerprint density at radius 3 is 2.91 bits per heavy atom. The summed E-state index contributed by atoms with van der Waals surface area (Å²) in [5, 5.41) is 12.9. The molecule has 1 aromatic rings. The summed E-state index contributed by atoms with van der Waals surface area (Å²) in [5.41, 5.74) is 1.03. The molecule has 0 saturated carbocycles. The van der Waals surface area contributed by atoms with Gasteiger partial charge in [-0.3, -0.25) is 0 Å². The molecule has 0 radical (unpaired) electrons. The summed E-state index contributed by atoms with van der Waals surface area (Å²) in [6.45, 7) is 4.87. The van der Waals surface area contributed by atoms with Crippen LogP contribution in [0, 0.1) is 0 Å². The molecule has 1 fully saturated rings. The van der Waals surface area contributed by atoms with Crippen LogP contribution >= 0.6 is 39.9 Å². The first-order valence-electron chi connectivity index (χ1n) is 7.17. The number of ether oxygens (including phenoxy) is 1. The number of guanidine groups is 1. The van der Waals surface area contributed by atoms with Gasteiger partial charge in [-0.15, -0.1) is 24.0 Å². The number of benzene rings is 1. The maximum Gasteiger partial charge on any atom is 0.194 e. The number of rotatable bonds is 4. The number of β-amino-alcohol motifs (C(OH)–C–C–N with tert-alkyl or cyclic N) is 1. The zero-order valence-electron chi connectivity index (χ0n) is 12.9. The van der Waals surface area contributed by atoms with Crippen molar-refractivity contribution in [2.45, 2.75) is 26.0 Å². The normalized spacial score (nSPS) is 18.1. The molecule has 7 heteroatoms. The summed E-state index contributed by atoms with van der Waals surface area (Å²) in [7, 11) is 1.67. The minimum atomic E-state index is -0.255. The number of methoxy groups -OCH3 is 1. The number of likely N-dealkylation sites (tertiary alicyclic amines) is 1. The lowest BCUT2D eigenvalue weighted by Crippen LogP contribution is -2.40. The van der Waals surface area contributed by atoms with E-state index < -0.39 is 0 Å². The molecule has 22 heavy (non-hydrogen) atoms. The second-order valence-corrected chi connectivity index (χ2v) is 5.93. The molecule has 1 heterocycles. The van der Waals surface area contributed by atoms with Crippen molar-refractivity contribution in [2.75, 3.05) is 26.7 Å². The number of halogens is 2. The third-order valence-corrected chi connectivity index (χ3v) is 3.93. The van der Waals surface area contributed by atoms with Crippen molar-refractivity contribution in [2.24, 2.45) is 4.99 Å². The van der Waals surface area contributed by atoms with Crippen LogP contribution in [0.25, 0.3) is 0 Å². The second kappa shape index (κ2) is 9.57. The molecule has 0 amide bonds. The highest BCUT2D eigenvalue weighted by molar-refractivity contribution is 14.0. The number of aliphatic hydroxyl groups excluding tert-OH is 1. The first kappa shape index (κ1) is 19.5. The van der Waals surface area contributed by atoms with Crippen LogP contribution in [0.2, 0.25) is 0 Å². The van der Waals surface area contributed by atoms with Crippen LogP contribution in [0.1, 0.15) is 18.9 Å². The molecule has 0 bridgehead atoms.